The molecule has 1 aromatic carbocycles. The lowest BCUT2D eigenvalue weighted by Gasteiger charge is -2.30. The molecule has 0 radical (unpaired) electrons. The first kappa shape index (κ1) is 12.4. The largest absolute Gasteiger partial charge is 0.401 e. The molecule has 2 rings (SSSR count). The number of rotatable bonds is 2. The maximum atomic E-state index is 12.2. The van der Waals surface area contributed by atoms with E-state index in [2.05, 4.69) is 12.2 Å². The summed E-state index contributed by atoms with van der Waals surface area (Å²) >= 11 is 0. The predicted molar refractivity (Wildman–Crippen MR) is 60.9 cm³/mol. The van der Waals surface area contributed by atoms with Crippen LogP contribution in [0.2, 0.25) is 0 Å². The number of benzene rings is 1. The maximum absolute atomic E-state index is 12.2. The van der Waals surface area contributed by atoms with Gasteiger partial charge in [0.2, 0.25) is 0 Å². The van der Waals surface area contributed by atoms with Crippen LogP contribution in [0.4, 0.5) is 13.2 Å². The third-order valence-electron chi connectivity index (χ3n) is 3.34. The molecule has 17 heavy (non-hydrogen) atoms. The third-order valence-corrected chi connectivity index (χ3v) is 3.34. The van der Waals surface area contributed by atoms with E-state index in [0.29, 0.717) is 5.92 Å². The highest BCUT2D eigenvalue weighted by atomic mass is 19.4. The fraction of sp³-hybridized carbons (Fsp3) is 0.538. The van der Waals surface area contributed by atoms with Gasteiger partial charge in [-0.25, -0.2) is 0 Å². The number of halogens is 3. The Bertz CT molecular complexity index is 386. The molecular formula is C13H16F3N. The Morgan fingerprint density at radius 2 is 1.82 bits per heavy atom. The minimum atomic E-state index is -4.14. The molecule has 94 valence electrons. The summed E-state index contributed by atoms with van der Waals surface area (Å²) in [4.78, 5) is 0. The van der Waals surface area contributed by atoms with Gasteiger partial charge < -0.3 is 5.32 Å². The van der Waals surface area contributed by atoms with Gasteiger partial charge in [0.15, 0.2) is 0 Å². The SMILES string of the molecule is CC1CCC(NCC(F)(F)F)c2ccccc21. The standard InChI is InChI=1S/C13H16F3N/c1-9-6-7-12(17-8-13(14,15)16)11-5-3-2-4-10(9)11/h2-5,9,12,17H,6-8H2,1H3. The van der Waals surface area contributed by atoms with Crippen molar-refractivity contribution < 1.29 is 13.2 Å². The molecule has 2 atom stereocenters. The number of alkyl halides is 3. The van der Waals surface area contributed by atoms with Crippen LogP contribution >= 0.6 is 0 Å². The van der Waals surface area contributed by atoms with Crippen molar-refractivity contribution in [2.45, 2.75) is 37.9 Å². The summed E-state index contributed by atoms with van der Waals surface area (Å²) in [6, 6.07) is 7.62. The average molecular weight is 243 g/mol. The van der Waals surface area contributed by atoms with Crippen molar-refractivity contribution >= 4 is 0 Å². The first-order chi connectivity index (χ1) is 7.97. The van der Waals surface area contributed by atoms with E-state index >= 15 is 0 Å². The summed E-state index contributed by atoms with van der Waals surface area (Å²) in [6.45, 7) is 1.21. The van der Waals surface area contributed by atoms with E-state index in [-0.39, 0.29) is 6.04 Å². The van der Waals surface area contributed by atoms with E-state index in [0.717, 1.165) is 18.4 Å². The van der Waals surface area contributed by atoms with Gasteiger partial charge in [0.25, 0.3) is 0 Å². The number of hydrogen-bond acceptors (Lipinski definition) is 1. The molecule has 0 fully saturated rings. The lowest BCUT2D eigenvalue weighted by Crippen LogP contribution is -2.34. The smallest absolute Gasteiger partial charge is 0.302 e. The van der Waals surface area contributed by atoms with E-state index in [1.54, 1.807) is 0 Å². The maximum Gasteiger partial charge on any atom is 0.401 e. The lowest BCUT2D eigenvalue weighted by molar-refractivity contribution is -0.126. The van der Waals surface area contributed by atoms with Crippen molar-refractivity contribution in [1.82, 2.24) is 5.32 Å². The molecule has 0 amide bonds. The van der Waals surface area contributed by atoms with Crippen molar-refractivity contribution in [3.63, 3.8) is 0 Å². The van der Waals surface area contributed by atoms with E-state index in [4.69, 9.17) is 0 Å². The summed E-state index contributed by atoms with van der Waals surface area (Å²) in [6.07, 6.45) is -2.43. The van der Waals surface area contributed by atoms with Crippen LogP contribution in [-0.4, -0.2) is 12.7 Å². The van der Waals surface area contributed by atoms with Gasteiger partial charge in [-0.3, -0.25) is 0 Å². The minimum absolute atomic E-state index is 0.163. The Kier molecular flexibility index (Phi) is 3.43. The zero-order valence-electron chi connectivity index (χ0n) is 9.72. The first-order valence-electron chi connectivity index (χ1n) is 5.86. The molecule has 1 nitrogen and oxygen atoms in total. The van der Waals surface area contributed by atoms with E-state index in [1.165, 1.54) is 5.56 Å². The van der Waals surface area contributed by atoms with Gasteiger partial charge in [-0.2, -0.15) is 13.2 Å². The van der Waals surface area contributed by atoms with Gasteiger partial charge in [-0.05, 0) is 29.9 Å². The summed E-state index contributed by atoms with van der Waals surface area (Å²) < 4.78 is 36.6. The molecule has 0 saturated heterocycles. The molecule has 1 N–H and O–H groups in total. The van der Waals surface area contributed by atoms with Crippen LogP contribution in [0.15, 0.2) is 24.3 Å². The van der Waals surface area contributed by atoms with Gasteiger partial charge in [0.1, 0.15) is 0 Å². The zero-order chi connectivity index (χ0) is 12.5. The third kappa shape index (κ3) is 3.00. The highest BCUT2D eigenvalue weighted by Crippen LogP contribution is 2.37. The highest BCUT2D eigenvalue weighted by Gasteiger charge is 2.30. The topological polar surface area (TPSA) is 12.0 Å². The second-order valence-electron chi connectivity index (χ2n) is 4.66. The quantitative estimate of drug-likeness (QED) is 0.833. The molecule has 1 aromatic rings. The van der Waals surface area contributed by atoms with Crippen LogP contribution in [0, 0.1) is 0 Å². The molecule has 2 unspecified atom stereocenters. The van der Waals surface area contributed by atoms with Crippen LogP contribution in [0.1, 0.15) is 42.9 Å². The Labute approximate surface area is 99.0 Å². The summed E-state index contributed by atoms with van der Waals surface area (Å²) in [5, 5.41) is 2.61. The summed E-state index contributed by atoms with van der Waals surface area (Å²) in [5.74, 6) is 0.440. The molecule has 0 saturated carbocycles. The Hall–Kier alpha value is -1.03. The van der Waals surface area contributed by atoms with Crippen LogP contribution < -0.4 is 5.32 Å². The van der Waals surface area contributed by atoms with Crippen LogP contribution in [0.5, 0.6) is 0 Å². The molecule has 0 heterocycles. The second-order valence-corrected chi connectivity index (χ2v) is 4.66. The molecule has 0 aromatic heterocycles. The fourth-order valence-corrected chi connectivity index (χ4v) is 2.46. The fourth-order valence-electron chi connectivity index (χ4n) is 2.46. The molecule has 1 aliphatic rings. The van der Waals surface area contributed by atoms with E-state index in [9.17, 15) is 13.2 Å². The van der Waals surface area contributed by atoms with Crippen molar-refractivity contribution in [3.05, 3.63) is 35.4 Å². The minimum Gasteiger partial charge on any atom is -0.302 e. The van der Waals surface area contributed by atoms with Gasteiger partial charge in [0.05, 0.1) is 6.54 Å². The second kappa shape index (κ2) is 4.69. The Morgan fingerprint density at radius 1 is 1.18 bits per heavy atom. The molecule has 0 aliphatic heterocycles. The van der Waals surface area contributed by atoms with Crippen LogP contribution in [0.25, 0.3) is 0 Å². The Morgan fingerprint density at radius 3 is 2.47 bits per heavy atom. The molecule has 0 bridgehead atoms. The summed E-state index contributed by atoms with van der Waals surface area (Å²) in [7, 11) is 0. The van der Waals surface area contributed by atoms with E-state index in [1.807, 2.05) is 24.3 Å². The van der Waals surface area contributed by atoms with Gasteiger partial charge in [-0.15, -0.1) is 0 Å². The van der Waals surface area contributed by atoms with Gasteiger partial charge in [0, 0.05) is 6.04 Å². The predicted octanol–water partition coefficient (Wildman–Crippen LogP) is 3.78. The molecule has 1 aliphatic carbocycles. The molecule has 0 spiro atoms. The molecular weight excluding hydrogens is 227 g/mol. The monoisotopic (exact) mass is 243 g/mol. The van der Waals surface area contributed by atoms with Gasteiger partial charge in [-0.1, -0.05) is 31.2 Å². The molecule has 4 heteroatoms. The normalized spacial score (nSPS) is 24.5. The first-order valence-corrected chi connectivity index (χ1v) is 5.86. The van der Waals surface area contributed by atoms with Crippen molar-refractivity contribution in [1.29, 1.82) is 0 Å². The Balaban J connectivity index is 2.13. The van der Waals surface area contributed by atoms with Crippen molar-refractivity contribution in [2.75, 3.05) is 6.54 Å². The number of fused-ring (bicyclic) bond motifs is 1. The lowest BCUT2D eigenvalue weighted by atomic mass is 9.81. The van der Waals surface area contributed by atoms with Gasteiger partial charge >= 0.3 is 6.18 Å². The summed E-state index contributed by atoms with van der Waals surface area (Å²) in [5.41, 5.74) is 2.20. The number of hydrogen-bond donors (Lipinski definition) is 1. The number of nitrogens with one attached hydrogen (secondary N) is 1. The van der Waals surface area contributed by atoms with Crippen LogP contribution in [-0.2, 0) is 0 Å². The zero-order valence-corrected chi connectivity index (χ0v) is 9.72. The van der Waals surface area contributed by atoms with Crippen molar-refractivity contribution in [2.24, 2.45) is 0 Å². The van der Waals surface area contributed by atoms with Crippen molar-refractivity contribution in [3.8, 4) is 0 Å². The van der Waals surface area contributed by atoms with Crippen LogP contribution in [0.3, 0.4) is 0 Å². The highest BCUT2D eigenvalue weighted by molar-refractivity contribution is 5.34. The van der Waals surface area contributed by atoms with E-state index < -0.39 is 12.7 Å². The average Bonchev–Trinajstić information content (AvgIpc) is 2.27.